The summed E-state index contributed by atoms with van der Waals surface area (Å²) in [5, 5.41) is 20.8. The van der Waals surface area contributed by atoms with E-state index in [4.69, 9.17) is 0 Å². The minimum absolute atomic E-state index is 0.0252. The number of carboxylic acid groups (broad SMARTS) is 1. The summed E-state index contributed by atoms with van der Waals surface area (Å²) in [6, 6.07) is 6.60. The van der Waals surface area contributed by atoms with Crippen LogP contribution in [-0.4, -0.2) is 28.0 Å². The summed E-state index contributed by atoms with van der Waals surface area (Å²) in [5.74, 6) is -1.54. The standard InChI is InChI=1S/C30H37NO5/c1-16(2)18-15-30-13-10-21-28(3,11-7-12-29(21,4)27(35)36)22(30)14-17(18)23-24(30)26(34)31(25(23)33)19-8-5-6-9-20(19)32/h5-6,8-9,15-17,21-24,32H,7,10-14H2,1-4H3,(H,35,36). The van der Waals surface area contributed by atoms with Gasteiger partial charge in [0.05, 0.1) is 22.9 Å². The quantitative estimate of drug-likeness (QED) is 0.436. The van der Waals surface area contributed by atoms with E-state index in [-0.39, 0.29) is 52.3 Å². The number of allylic oxidation sites excluding steroid dienone is 2. The summed E-state index contributed by atoms with van der Waals surface area (Å²) in [6.07, 6.45) is 7.24. The van der Waals surface area contributed by atoms with E-state index in [1.165, 1.54) is 16.5 Å². The van der Waals surface area contributed by atoms with Crippen molar-refractivity contribution in [2.45, 2.75) is 66.2 Å². The van der Waals surface area contributed by atoms with Gasteiger partial charge in [0.15, 0.2) is 0 Å². The minimum atomic E-state index is -0.757. The molecule has 4 fully saturated rings. The predicted octanol–water partition coefficient (Wildman–Crippen LogP) is 5.41. The van der Waals surface area contributed by atoms with Gasteiger partial charge >= 0.3 is 5.97 Å². The molecule has 6 aliphatic rings. The highest BCUT2D eigenvalue weighted by Gasteiger charge is 2.73. The van der Waals surface area contributed by atoms with Crippen LogP contribution in [0, 0.1) is 51.8 Å². The molecule has 192 valence electrons. The fourth-order valence-corrected chi connectivity index (χ4v) is 9.85. The number of anilines is 1. The Morgan fingerprint density at radius 1 is 1.06 bits per heavy atom. The van der Waals surface area contributed by atoms with Crippen molar-refractivity contribution in [2.75, 3.05) is 4.90 Å². The van der Waals surface area contributed by atoms with E-state index in [0.717, 1.165) is 32.1 Å². The number of carbonyl (C=O) groups is 3. The van der Waals surface area contributed by atoms with E-state index >= 15 is 0 Å². The lowest BCUT2D eigenvalue weighted by atomic mass is 9.34. The molecular formula is C30H37NO5. The molecule has 3 saturated carbocycles. The van der Waals surface area contributed by atoms with Crippen molar-refractivity contribution in [2.24, 2.45) is 51.8 Å². The van der Waals surface area contributed by atoms with Crippen molar-refractivity contribution in [3.63, 3.8) is 0 Å². The molecule has 2 bridgehead atoms. The van der Waals surface area contributed by atoms with Crippen molar-refractivity contribution in [3.05, 3.63) is 35.9 Å². The lowest BCUT2D eigenvalue weighted by molar-refractivity contribution is -0.194. The maximum atomic E-state index is 14.2. The molecule has 1 saturated heterocycles. The Morgan fingerprint density at radius 2 is 1.78 bits per heavy atom. The molecule has 8 atom stereocenters. The first-order chi connectivity index (χ1) is 17.0. The van der Waals surface area contributed by atoms with E-state index in [1.54, 1.807) is 18.2 Å². The van der Waals surface area contributed by atoms with Crippen LogP contribution in [0.15, 0.2) is 35.9 Å². The largest absolute Gasteiger partial charge is 0.506 e. The third kappa shape index (κ3) is 2.71. The average molecular weight is 492 g/mol. The van der Waals surface area contributed by atoms with E-state index < -0.39 is 28.6 Å². The van der Waals surface area contributed by atoms with Crippen molar-refractivity contribution in [1.82, 2.24) is 0 Å². The number of hydrogen-bond acceptors (Lipinski definition) is 4. The summed E-state index contributed by atoms with van der Waals surface area (Å²) >= 11 is 0. The Hall–Kier alpha value is -2.63. The van der Waals surface area contributed by atoms with Crippen LogP contribution in [-0.2, 0) is 14.4 Å². The van der Waals surface area contributed by atoms with Gasteiger partial charge in [-0.2, -0.15) is 0 Å². The number of nitrogens with zero attached hydrogens (tertiary/aromatic N) is 1. The number of carbonyl (C=O) groups excluding carboxylic acids is 2. The summed E-state index contributed by atoms with van der Waals surface area (Å²) in [4.78, 5) is 41.9. The number of carboxylic acids is 1. The smallest absolute Gasteiger partial charge is 0.309 e. The number of fused-ring (bicyclic) bond motifs is 1. The first-order valence-electron chi connectivity index (χ1n) is 13.6. The summed E-state index contributed by atoms with van der Waals surface area (Å²) in [6.45, 7) is 8.55. The Morgan fingerprint density at radius 3 is 2.44 bits per heavy atom. The van der Waals surface area contributed by atoms with Crippen molar-refractivity contribution >= 4 is 23.5 Å². The number of phenols is 1. The lowest BCUT2D eigenvalue weighted by Gasteiger charge is -2.68. The van der Waals surface area contributed by atoms with Crippen LogP contribution < -0.4 is 4.90 Å². The second-order valence-electron chi connectivity index (χ2n) is 13.0. The number of aromatic hydroxyl groups is 1. The summed E-state index contributed by atoms with van der Waals surface area (Å²) in [5.41, 5.74) is 0.153. The third-order valence-electron chi connectivity index (χ3n) is 11.3. The second-order valence-corrected chi connectivity index (χ2v) is 13.0. The Labute approximate surface area is 212 Å². The van der Waals surface area contributed by atoms with Gasteiger partial charge in [-0.25, -0.2) is 4.90 Å². The number of para-hydroxylation sites is 2. The van der Waals surface area contributed by atoms with Crippen LogP contribution in [0.4, 0.5) is 5.69 Å². The molecule has 8 unspecified atom stereocenters. The zero-order valence-electron chi connectivity index (χ0n) is 21.7. The van der Waals surface area contributed by atoms with Crippen LogP contribution in [0.3, 0.4) is 0 Å². The minimum Gasteiger partial charge on any atom is -0.506 e. The molecule has 2 N–H and O–H groups in total. The van der Waals surface area contributed by atoms with E-state index in [1.807, 2.05) is 6.92 Å². The fraction of sp³-hybridized carbons (Fsp3) is 0.633. The highest BCUT2D eigenvalue weighted by molar-refractivity contribution is 6.23. The fourth-order valence-electron chi connectivity index (χ4n) is 9.85. The average Bonchev–Trinajstić information content (AvgIpc) is 3.10. The Bertz CT molecular complexity index is 1200. The van der Waals surface area contributed by atoms with Gasteiger partial charge in [-0.05, 0) is 80.2 Å². The van der Waals surface area contributed by atoms with Crippen molar-refractivity contribution < 1.29 is 24.6 Å². The van der Waals surface area contributed by atoms with Crippen LogP contribution in [0.1, 0.15) is 66.2 Å². The van der Waals surface area contributed by atoms with Gasteiger partial charge in [0.25, 0.3) is 0 Å². The van der Waals surface area contributed by atoms with Gasteiger partial charge in [0.2, 0.25) is 11.8 Å². The third-order valence-corrected chi connectivity index (χ3v) is 11.3. The number of imide groups is 1. The molecule has 1 spiro atoms. The normalized spacial score (nSPS) is 43.2. The molecule has 1 aromatic carbocycles. The maximum absolute atomic E-state index is 14.2. The first kappa shape index (κ1) is 23.7. The van der Waals surface area contributed by atoms with E-state index in [0.29, 0.717) is 6.42 Å². The number of benzene rings is 1. The molecular weight excluding hydrogens is 454 g/mol. The second kappa shape index (κ2) is 7.45. The van der Waals surface area contributed by atoms with Crippen LogP contribution in [0.25, 0.3) is 0 Å². The summed E-state index contributed by atoms with van der Waals surface area (Å²) < 4.78 is 0. The number of phenolic OH excluding ortho intramolecular Hbond substituents is 1. The van der Waals surface area contributed by atoms with Gasteiger partial charge in [0.1, 0.15) is 5.75 Å². The Balaban J connectivity index is 1.50. The van der Waals surface area contributed by atoms with Gasteiger partial charge in [0, 0.05) is 5.41 Å². The monoisotopic (exact) mass is 491 g/mol. The molecule has 5 aliphatic carbocycles. The predicted molar refractivity (Wildman–Crippen MR) is 135 cm³/mol. The number of amides is 2. The van der Waals surface area contributed by atoms with Gasteiger partial charge in [-0.1, -0.05) is 51.0 Å². The van der Waals surface area contributed by atoms with E-state index in [9.17, 15) is 24.6 Å². The molecule has 6 nitrogen and oxygen atoms in total. The van der Waals surface area contributed by atoms with Gasteiger partial charge < -0.3 is 10.2 Å². The molecule has 0 aromatic heterocycles. The lowest BCUT2D eigenvalue weighted by Crippen LogP contribution is -2.65. The molecule has 0 radical (unpaired) electrons. The first-order valence-corrected chi connectivity index (χ1v) is 13.6. The topological polar surface area (TPSA) is 94.9 Å². The van der Waals surface area contributed by atoms with Crippen molar-refractivity contribution in [1.29, 1.82) is 0 Å². The van der Waals surface area contributed by atoms with Crippen LogP contribution in [0.2, 0.25) is 0 Å². The zero-order chi connectivity index (χ0) is 25.8. The van der Waals surface area contributed by atoms with Gasteiger partial charge in [-0.15, -0.1) is 0 Å². The van der Waals surface area contributed by atoms with Crippen LogP contribution in [0.5, 0.6) is 5.75 Å². The molecule has 36 heavy (non-hydrogen) atoms. The number of hydrogen-bond donors (Lipinski definition) is 2. The van der Waals surface area contributed by atoms with E-state index in [2.05, 4.69) is 26.8 Å². The molecule has 2 amide bonds. The molecule has 6 heteroatoms. The summed E-state index contributed by atoms with van der Waals surface area (Å²) in [7, 11) is 0. The molecule has 7 rings (SSSR count). The molecule has 1 aromatic rings. The number of rotatable bonds is 3. The number of aliphatic carboxylic acids is 1. The SMILES string of the molecule is CC(C)C1=CC23CCC4C(C)(C(=O)O)CCCC4(C)C2CC1C1C(=O)N(c2ccccc2O)C(=O)C13. The molecule has 1 aliphatic heterocycles. The maximum Gasteiger partial charge on any atom is 0.309 e. The molecule has 1 heterocycles. The van der Waals surface area contributed by atoms with Gasteiger partial charge in [-0.3, -0.25) is 14.4 Å². The van der Waals surface area contributed by atoms with Crippen LogP contribution >= 0.6 is 0 Å². The van der Waals surface area contributed by atoms with Crippen molar-refractivity contribution in [3.8, 4) is 5.75 Å². The zero-order valence-corrected chi connectivity index (χ0v) is 21.7. The highest BCUT2D eigenvalue weighted by atomic mass is 16.4. The Kier molecular flexibility index (Phi) is 4.92. The highest BCUT2D eigenvalue weighted by Crippen LogP contribution is 2.74.